The van der Waals surface area contributed by atoms with Gasteiger partial charge in [-0.25, -0.2) is 0 Å². The lowest BCUT2D eigenvalue weighted by Gasteiger charge is -1.94. The van der Waals surface area contributed by atoms with Gasteiger partial charge in [0.25, 0.3) is 0 Å². The van der Waals surface area contributed by atoms with E-state index in [2.05, 4.69) is 58.6 Å². The maximum Gasteiger partial charge on any atom is -0.0233 e. The average molecular weight is 228 g/mol. The van der Waals surface area contributed by atoms with E-state index in [0.29, 0.717) is 0 Å². The van der Waals surface area contributed by atoms with Gasteiger partial charge < -0.3 is 0 Å². The van der Waals surface area contributed by atoms with Crippen LogP contribution in [0.2, 0.25) is 0 Å². The smallest absolute Gasteiger partial charge is 0.0233 e. The van der Waals surface area contributed by atoms with Crippen LogP contribution in [0.1, 0.15) is 40.2 Å². The monoisotopic (exact) mass is 228 g/mol. The summed E-state index contributed by atoms with van der Waals surface area (Å²) in [6.45, 7) is 14.2. The van der Waals surface area contributed by atoms with E-state index in [1.807, 2.05) is 25.1 Å². The molecule has 92 valence electrons. The van der Waals surface area contributed by atoms with Crippen molar-refractivity contribution in [2.24, 2.45) is 0 Å². The third kappa shape index (κ3) is 9.37. The normalized spacial score (nSPS) is 8.53. The number of rotatable bonds is 2. The highest BCUT2D eigenvalue weighted by atomic mass is 13.9. The highest BCUT2D eigenvalue weighted by Crippen LogP contribution is 2.08. The molecule has 0 fully saturated rings. The summed E-state index contributed by atoms with van der Waals surface area (Å²) in [5.41, 5.74) is 5.05. The van der Waals surface area contributed by atoms with E-state index in [4.69, 9.17) is 0 Å². The molecular formula is C17H24. The molecule has 0 aliphatic carbocycles. The third-order valence-electron chi connectivity index (χ3n) is 2.02. The van der Waals surface area contributed by atoms with Crippen LogP contribution in [-0.4, -0.2) is 0 Å². The molecule has 0 unspecified atom stereocenters. The van der Waals surface area contributed by atoms with Gasteiger partial charge in [-0.1, -0.05) is 65.8 Å². The van der Waals surface area contributed by atoms with Crippen LogP contribution in [0.3, 0.4) is 0 Å². The fraction of sp³-hybridized carbons (Fsp3) is 0.294. The molecule has 1 rings (SSSR count). The molecule has 0 saturated carbocycles. The lowest BCUT2D eigenvalue weighted by molar-refractivity contribution is 1.35. The van der Waals surface area contributed by atoms with Gasteiger partial charge in [0, 0.05) is 0 Å². The Bertz CT molecular complexity index is 367. The molecule has 0 saturated heterocycles. The highest BCUT2D eigenvalue weighted by molar-refractivity contribution is 5.60. The van der Waals surface area contributed by atoms with Gasteiger partial charge in [0.15, 0.2) is 0 Å². The van der Waals surface area contributed by atoms with E-state index in [1.54, 1.807) is 0 Å². The van der Waals surface area contributed by atoms with Crippen molar-refractivity contribution in [3.05, 3.63) is 65.8 Å². The predicted octanol–water partition coefficient (Wildman–Crippen LogP) is 5.64. The molecule has 17 heavy (non-hydrogen) atoms. The second kappa shape index (κ2) is 8.58. The number of allylic oxidation sites excluding steroid dienone is 5. The van der Waals surface area contributed by atoms with Crippen molar-refractivity contribution in [3.63, 3.8) is 0 Å². The Kier molecular flexibility index (Phi) is 7.79. The number of benzene rings is 1. The first-order chi connectivity index (χ1) is 7.93. The molecular weight excluding hydrogens is 204 g/mol. The first kappa shape index (κ1) is 15.4. The summed E-state index contributed by atoms with van der Waals surface area (Å²) in [5.74, 6) is 0. The third-order valence-corrected chi connectivity index (χ3v) is 2.02. The number of hydrogen-bond donors (Lipinski definition) is 0. The van der Waals surface area contributed by atoms with Gasteiger partial charge in [0.1, 0.15) is 0 Å². The van der Waals surface area contributed by atoms with Crippen LogP contribution in [0.4, 0.5) is 0 Å². The molecule has 0 aliphatic heterocycles. The quantitative estimate of drug-likeness (QED) is 0.575. The molecule has 0 nitrogen and oxygen atoms in total. The topological polar surface area (TPSA) is 0 Å². The fourth-order valence-corrected chi connectivity index (χ4v) is 1.06. The maximum absolute atomic E-state index is 3.83. The Morgan fingerprint density at radius 2 is 1.24 bits per heavy atom. The maximum atomic E-state index is 3.83. The Balaban J connectivity index is 0.000000304. The van der Waals surface area contributed by atoms with Crippen LogP contribution in [0, 0.1) is 0 Å². The van der Waals surface area contributed by atoms with Gasteiger partial charge in [-0.2, -0.15) is 0 Å². The van der Waals surface area contributed by atoms with E-state index in [-0.39, 0.29) is 0 Å². The molecule has 0 aromatic heterocycles. The minimum absolute atomic E-state index is 1.12. The Labute approximate surface area is 106 Å². The molecule has 1 aromatic carbocycles. The molecule has 0 spiro atoms. The predicted molar refractivity (Wildman–Crippen MR) is 80.0 cm³/mol. The molecule has 0 aliphatic rings. The molecule has 0 heteroatoms. The summed E-state index contributed by atoms with van der Waals surface area (Å²) in [4.78, 5) is 0. The van der Waals surface area contributed by atoms with Crippen LogP contribution in [0.25, 0.3) is 5.57 Å². The lowest BCUT2D eigenvalue weighted by atomic mass is 10.1. The summed E-state index contributed by atoms with van der Waals surface area (Å²) in [6, 6.07) is 10.2. The summed E-state index contributed by atoms with van der Waals surface area (Å²) in [6.07, 6.45) is 4.24. The molecule has 0 N–H and O–H groups in total. The van der Waals surface area contributed by atoms with E-state index in [0.717, 1.165) is 5.57 Å². The molecule has 0 radical (unpaired) electrons. The Morgan fingerprint density at radius 1 is 0.824 bits per heavy atom. The van der Waals surface area contributed by atoms with Crippen LogP contribution < -0.4 is 0 Å². The van der Waals surface area contributed by atoms with Gasteiger partial charge >= 0.3 is 0 Å². The largest absolute Gasteiger partial charge is 0.0955 e. The summed E-state index contributed by atoms with van der Waals surface area (Å²) in [5, 5.41) is 0. The molecule has 0 bridgehead atoms. The van der Waals surface area contributed by atoms with Crippen LogP contribution in [0.5, 0.6) is 0 Å². The highest BCUT2D eigenvalue weighted by Gasteiger charge is 1.86. The van der Waals surface area contributed by atoms with E-state index in [1.165, 1.54) is 16.7 Å². The van der Waals surface area contributed by atoms with Gasteiger partial charge in [-0.15, -0.1) is 0 Å². The fourth-order valence-electron chi connectivity index (χ4n) is 1.06. The summed E-state index contributed by atoms with van der Waals surface area (Å²) in [7, 11) is 0. The average Bonchev–Trinajstić information content (AvgIpc) is 2.28. The van der Waals surface area contributed by atoms with Crippen molar-refractivity contribution >= 4 is 5.57 Å². The SMILES string of the molecule is C=C(C)c1ccccc1.CC(C)=CC=C(C)C. The first-order valence-corrected chi connectivity index (χ1v) is 5.92. The zero-order chi connectivity index (χ0) is 13.3. The van der Waals surface area contributed by atoms with E-state index < -0.39 is 0 Å². The Hall–Kier alpha value is -1.56. The summed E-state index contributed by atoms with van der Waals surface area (Å²) < 4.78 is 0. The van der Waals surface area contributed by atoms with Crippen molar-refractivity contribution in [2.45, 2.75) is 34.6 Å². The zero-order valence-corrected chi connectivity index (χ0v) is 11.7. The van der Waals surface area contributed by atoms with Crippen molar-refractivity contribution in [1.29, 1.82) is 0 Å². The van der Waals surface area contributed by atoms with E-state index in [9.17, 15) is 0 Å². The minimum atomic E-state index is 1.12. The molecule has 0 heterocycles. The molecule has 0 amide bonds. The molecule has 0 atom stereocenters. The van der Waals surface area contributed by atoms with Crippen molar-refractivity contribution in [3.8, 4) is 0 Å². The second-order valence-electron chi connectivity index (χ2n) is 4.63. The van der Waals surface area contributed by atoms with Crippen molar-refractivity contribution in [1.82, 2.24) is 0 Å². The zero-order valence-electron chi connectivity index (χ0n) is 11.7. The molecule has 1 aromatic rings. The second-order valence-corrected chi connectivity index (χ2v) is 4.63. The minimum Gasteiger partial charge on any atom is -0.0955 e. The van der Waals surface area contributed by atoms with Crippen LogP contribution in [0.15, 0.2) is 60.2 Å². The van der Waals surface area contributed by atoms with E-state index >= 15 is 0 Å². The van der Waals surface area contributed by atoms with Crippen LogP contribution in [-0.2, 0) is 0 Å². The number of hydrogen-bond acceptors (Lipinski definition) is 0. The van der Waals surface area contributed by atoms with Crippen LogP contribution >= 0.6 is 0 Å². The standard InChI is InChI=1S/C9H10.C8H14/c1-8(2)9-6-4-3-5-7-9;1-7(2)5-6-8(3)4/h3-7H,1H2,2H3;5-6H,1-4H3. The lowest BCUT2D eigenvalue weighted by Crippen LogP contribution is -1.72. The van der Waals surface area contributed by atoms with Gasteiger partial charge in [-0.3, -0.25) is 0 Å². The van der Waals surface area contributed by atoms with Gasteiger partial charge in [0.05, 0.1) is 0 Å². The van der Waals surface area contributed by atoms with Crippen molar-refractivity contribution < 1.29 is 0 Å². The van der Waals surface area contributed by atoms with Gasteiger partial charge in [-0.05, 0) is 40.2 Å². The van der Waals surface area contributed by atoms with Crippen molar-refractivity contribution in [2.75, 3.05) is 0 Å². The first-order valence-electron chi connectivity index (χ1n) is 5.92. The Morgan fingerprint density at radius 3 is 1.47 bits per heavy atom. The summed E-state index contributed by atoms with van der Waals surface area (Å²) >= 11 is 0. The van der Waals surface area contributed by atoms with Gasteiger partial charge in [0.2, 0.25) is 0 Å².